The van der Waals surface area contributed by atoms with Gasteiger partial charge in [0, 0.05) is 11.6 Å². The SMILES string of the molecule is COC(=O)c1ccc(C#C/C=C/C(F)(F)F)cc1. The van der Waals surface area contributed by atoms with E-state index in [9.17, 15) is 18.0 Å². The number of hydrogen-bond acceptors (Lipinski definition) is 2. The molecular weight excluding hydrogens is 245 g/mol. The summed E-state index contributed by atoms with van der Waals surface area (Å²) in [5, 5.41) is 0. The average Bonchev–Trinajstić information content (AvgIpc) is 2.33. The number of carbonyl (C=O) groups excluding carboxylic acids is 1. The van der Waals surface area contributed by atoms with Crippen LogP contribution in [-0.4, -0.2) is 19.3 Å². The second-order valence-electron chi connectivity index (χ2n) is 3.21. The van der Waals surface area contributed by atoms with Crippen molar-refractivity contribution < 1.29 is 22.7 Å². The predicted octanol–water partition coefficient (Wildman–Crippen LogP) is 2.94. The van der Waals surface area contributed by atoms with Crippen molar-refractivity contribution >= 4 is 5.97 Å². The minimum Gasteiger partial charge on any atom is -0.465 e. The van der Waals surface area contributed by atoms with Crippen molar-refractivity contribution in [2.24, 2.45) is 0 Å². The summed E-state index contributed by atoms with van der Waals surface area (Å²) in [5.41, 5.74) is 0.864. The van der Waals surface area contributed by atoms with Gasteiger partial charge in [-0.05, 0) is 30.3 Å². The number of carbonyl (C=O) groups is 1. The molecule has 18 heavy (non-hydrogen) atoms. The molecule has 0 saturated heterocycles. The lowest BCUT2D eigenvalue weighted by Crippen LogP contribution is -2.00. The Morgan fingerprint density at radius 3 is 2.39 bits per heavy atom. The van der Waals surface area contributed by atoms with Crippen LogP contribution in [0.25, 0.3) is 0 Å². The first-order valence-electron chi connectivity index (χ1n) is 4.87. The second-order valence-corrected chi connectivity index (χ2v) is 3.21. The second kappa shape index (κ2) is 5.92. The van der Waals surface area contributed by atoms with Crippen molar-refractivity contribution in [2.75, 3.05) is 7.11 Å². The molecule has 0 amide bonds. The van der Waals surface area contributed by atoms with E-state index in [-0.39, 0.29) is 6.08 Å². The van der Waals surface area contributed by atoms with Crippen molar-refractivity contribution in [2.45, 2.75) is 6.18 Å². The number of rotatable bonds is 1. The highest BCUT2D eigenvalue weighted by Crippen LogP contribution is 2.15. The van der Waals surface area contributed by atoms with Crippen molar-refractivity contribution in [1.29, 1.82) is 0 Å². The quantitative estimate of drug-likeness (QED) is 0.569. The van der Waals surface area contributed by atoms with Crippen LogP contribution in [0.1, 0.15) is 15.9 Å². The third kappa shape index (κ3) is 4.74. The van der Waals surface area contributed by atoms with Crippen LogP contribution in [0.4, 0.5) is 13.2 Å². The fraction of sp³-hybridized carbons (Fsp3) is 0.154. The lowest BCUT2D eigenvalue weighted by atomic mass is 10.1. The van der Waals surface area contributed by atoms with Crippen LogP contribution in [0.3, 0.4) is 0 Å². The first kappa shape index (κ1) is 13.8. The molecular formula is C13H9F3O2. The maximum Gasteiger partial charge on any atom is 0.410 e. The number of halogens is 3. The molecule has 94 valence electrons. The summed E-state index contributed by atoms with van der Waals surface area (Å²) >= 11 is 0. The monoisotopic (exact) mass is 254 g/mol. The summed E-state index contributed by atoms with van der Waals surface area (Å²) in [5.74, 6) is 4.29. The fourth-order valence-electron chi connectivity index (χ4n) is 1.07. The van der Waals surface area contributed by atoms with Gasteiger partial charge in [-0.3, -0.25) is 0 Å². The van der Waals surface area contributed by atoms with Gasteiger partial charge in [0.05, 0.1) is 12.7 Å². The summed E-state index contributed by atoms with van der Waals surface area (Å²) < 4.78 is 39.8. The Morgan fingerprint density at radius 1 is 1.28 bits per heavy atom. The number of alkyl halides is 3. The predicted molar refractivity (Wildman–Crippen MR) is 59.9 cm³/mol. The molecule has 0 fully saturated rings. The van der Waals surface area contributed by atoms with E-state index in [1.807, 2.05) is 0 Å². The van der Waals surface area contributed by atoms with E-state index in [0.29, 0.717) is 11.1 Å². The van der Waals surface area contributed by atoms with Crippen molar-refractivity contribution in [3.05, 3.63) is 47.5 Å². The summed E-state index contributed by atoms with van der Waals surface area (Å²) in [4.78, 5) is 11.1. The molecule has 0 aliphatic rings. The number of ether oxygens (including phenoxy) is 1. The zero-order valence-corrected chi connectivity index (χ0v) is 9.41. The molecule has 0 N–H and O–H groups in total. The van der Waals surface area contributed by atoms with Crippen LogP contribution in [-0.2, 0) is 4.74 Å². The summed E-state index contributed by atoms with van der Waals surface area (Å²) in [6.07, 6.45) is -3.57. The Balaban J connectivity index is 2.73. The van der Waals surface area contributed by atoms with Gasteiger partial charge in [0.1, 0.15) is 0 Å². The lowest BCUT2D eigenvalue weighted by molar-refractivity contribution is -0.0797. The molecule has 0 spiro atoms. The van der Waals surface area contributed by atoms with E-state index in [0.717, 1.165) is 6.08 Å². The number of benzene rings is 1. The zero-order valence-electron chi connectivity index (χ0n) is 9.41. The highest BCUT2D eigenvalue weighted by molar-refractivity contribution is 5.89. The molecule has 1 rings (SSSR count). The van der Waals surface area contributed by atoms with E-state index in [4.69, 9.17) is 0 Å². The van der Waals surface area contributed by atoms with Crippen LogP contribution >= 0.6 is 0 Å². The van der Waals surface area contributed by atoms with E-state index in [1.54, 1.807) is 0 Å². The molecule has 0 unspecified atom stereocenters. The summed E-state index contributed by atoms with van der Waals surface area (Å²) in [6.45, 7) is 0. The van der Waals surface area contributed by atoms with Gasteiger partial charge >= 0.3 is 12.1 Å². The Bertz CT molecular complexity index is 502. The number of esters is 1. The maximum absolute atomic E-state index is 11.8. The van der Waals surface area contributed by atoms with E-state index in [1.165, 1.54) is 31.4 Å². The topological polar surface area (TPSA) is 26.3 Å². The van der Waals surface area contributed by atoms with Gasteiger partial charge in [0.25, 0.3) is 0 Å². The first-order valence-corrected chi connectivity index (χ1v) is 4.87. The molecule has 5 heteroatoms. The van der Waals surface area contributed by atoms with Gasteiger partial charge in [0.2, 0.25) is 0 Å². The molecule has 0 aromatic heterocycles. The minimum absolute atomic E-state index is 0.0584. The standard InChI is InChI=1S/C13H9F3O2/c1-18-12(17)11-7-5-10(6-8-11)4-2-3-9-13(14,15)16/h3,5-9H,1H3/b9-3+. The average molecular weight is 254 g/mol. The minimum atomic E-state index is -4.36. The van der Waals surface area contributed by atoms with Crippen LogP contribution in [0.15, 0.2) is 36.4 Å². The zero-order chi connectivity index (χ0) is 13.6. The van der Waals surface area contributed by atoms with Gasteiger partial charge in [-0.2, -0.15) is 13.2 Å². The largest absolute Gasteiger partial charge is 0.465 e. The summed E-state index contributed by atoms with van der Waals surface area (Å²) in [6, 6.07) is 6.04. The Labute approximate surface area is 102 Å². The fourth-order valence-corrected chi connectivity index (χ4v) is 1.07. The van der Waals surface area contributed by atoms with Gasteiger partial charge in [-0.15, -0.1) is 0 Å². The molecule has 0 radical (unpaired) electrons. The first-order chi connectivity index (χ1) is 8.42. The van der Waals surface area contributed by atoms with Gasteiger partial charge in [0.15, 0.2) is 0 Å². The Morgan fingerprint density at radius 2 is 1.89 bits per heavy atom. The molecule has 2 nitrogen and oxygen atoms in total. The van der Waals surface area contributed by atoms with Gasteiger partial charge < -0.3 is 4.74 Å². The van der Waals surface area contributed by atoms with Crippen LogP contribution < -0.4 is 0 Å². The molecule has 0 aliphatic carbocycles. The Hall–Kier alpha value is -2.22. The number of allylic oxidation sites excluding steroid dienone is 2. The Kier molecular flexibility index (Phi) is 4.55. The normalized spacial score (nSPS) is 10.9. The van der Waals surface area contributed by atoms with Crippen molar-refractivity contribution in [3.63, 3.8) is 0 Å². The summed E-state index contributed by atoms with van der Waals surface area (Å²) in [7, 11) is 1.26. The number of hydrogen-bond donors (Lipinski definition) is 0. The van der Waals surface area contributed by atoms with E-state index in [2.05, 4.69) is 16.6 Å². The maximum atomic E-state index is 11.8. The van der Waals surface area contributed by atoms with E-state index >= 15 is 0 Å². The molecule has 1 aromatic rings. The molecule has 0 heterocycles. The highest BCUT2D eigenvalue weighted by Gasteiger charge is 2.21. The highest BCUT2D eigenvalue weighted by atomic mass is 19.4. The van der Waals surface area contributed by atoms with Crippen molar-refractivity contribution in [3.8, 4) is 11.8 Å². The smallest absolute Gasteiger partial charge is 0.410 e. The van der Waals surface area contributed by atoms with Crippen molar-refractivity contribution in [1.82, 2.24) is 0 Å². The van der Waals surface area contributed by atoms with Crippen LogP contribution in [0, 0.1) is 11.8 Å². The third-order valence-electron chi connectivity index (χ3n) is 1.88. The number of methoxy groups -OCH3 is 1. The molecule has 0 bridgehead atoms. The lowest BCUT2D eigenvalue weighted by Gasteiger charge is -1.97. The van der Waals surface area contributed by atoms with Crippen LogP contribution in [0.5, 0.6) is 0 Å². The van der Waals surface area contributed by atoms with E-state index < -0.39 is 12.1 Å². The molecule has 0 aliphatic heterocycles. The molecule has 0 saturated carbocycles. The van der Waals surface area contributed by atoms with Gasteiger partial charge in [-0.25, -0.2) is 4.79 Å². The third-order valence-corrected chi connectivity index (χ3v) is 1.88. The van der Waals surface area contributed by atoms with Gasteiger partial charge in [-0.1, -0.05) is 11.8 Å². The molecule has 1 aromatic carbocycles. The molecule has 0 atom stereocenters. The van der Waals surface area contributed by atoms with Crippen LogP contribution in [0.2, 0.25) is 0 Å².